The molecule has 0 aliphatic heterocycles. The first kappa shape index (κ1) is 12.9. The van der Waals surface area contributed by atoms with E-state index in [1.54, 1.807) is 6.92 Å². The SMILES string of the molecule is CCCOc1c(C(=O)O)cc(F)cc1[N+](=O)[O-]. The van der Waals surface area contributed by atoms with Crippen LogP contribution >= 0.6 is 0 Å². The molecular weight excluding hydrogens is 233 g/mol. The summed E-state index contributed by atoms with van der Waals surface area (Å²) in [7, 11) is 0. The van der Waals surface area contributed by atoms with Crippen LogP contribution in [0.4, 0.5) is 10.1 Å². The van der Waals surface area contributed by atoms with Crippen LogP contribution in [0.25, 0.3) is 0 Å². The van der Waals surface area contributed by atoms with Crippen LogP contribution in [0.15, 0.2) is 12.1 Å². The summed E-state index contributed by atoms with van der Waals surface area (Å²) in [4.78, 5) is 20.6. The number of hydrogen-bond acceptors (Lipinski definition) is 4. The van der Waals surface area contributed by atoms with E-state index in [0.717, 1.165) is 0 Å². The topological polar surface area (TPSA) is 89.7 Å². The molecule has 0 saturated carbocycles. The Labute approximate surface area is 95.8 Å². The summed E-state index contributed by atoms with van der Waals surface area (Å²) in [6, 6.07) is 1.33. The molecule has 1 rings (SSSR count). The summed E-state index contributed by atoms with van der Waals surface area (Å²) < 4.78 is 18.0. The average molecular weight is 243 g/mol. The molecule has 0 atom stereocenters. The molecule has 1 aromatic carbocycles. The summed E-state index contributed by atoms with van der Waals surface area (Å²) in [5.74, 6) is -2.87. The van der Waals surface area contributed by atoms with Crippen LogP contribution in [0.2, 0.25) is 0 Å². The molecule has 0 aliphatic carbocycles. The van der Waals surface area contributed by atoms with Crippen LogP contribution in [0, 0.1) is 15.9 Å². The van der Waals surface area contributed by atoms with Crippen molar-refractivity contribution in [2.45, 2.75) is 13.3 Å². The maximum atomic E-state index is 13.0. The quantitative estimate of drug-likeness (QED) is 0.632. The van der Waals surface area contributed by atoms with Gasteiger partial charge in [-0.2, -0.15) is 0 Å². The third-order valence-corrected chi connectivity index (χ3v) is 1.91. The third kappa shape index (κ3) is 2.90. The van der Waals surface area contributed by atoms with E-state index in [4.69, 9.17) is 9.84 Å². The van der Waals surface area contributed by atoms with E-state index in [1.165, 1.54) is 0 Å². The predicted molar refractivity (Wildman–Crippen MR) is 55.8 cm³/mol. The Bertz CT molecular complexity index is 425. The number of nitro groups is 1. The van der Waals surface area contributed by atoms with Gasteiger partial charge in [0.25, 0.3) is 0 Å². The second kappa shape index (κ2) is 5.24. The van der Waals surface area contributed by atoms with E-state index in [1.807, 2.05) is 0 Å². The highest BCUT2D eigenvalue weighted by Crippen LogP contribution is 2.32. The molecule has 1 N–H and O–H groups in total. The molecule has 6 nitrogen and oxygen atoms in total. The molecule has 0 unspecified atom stereocenters. The molecular formula is C10H10FNO5. The molecule has 0 fully saturated rings. The van der Waals surface area contributed by atoms with Gasteiger partial charge in [0.2, 0.25) is 5.75 Å². The zero-order valence-corrected chi connectivity index (χ0v) is 8.97. The number of benzene rings is 1. The first-order valence-corrected chi connectivity index (χ1v) is 4.81. The predicted octanol–water partition coefficient (Wildman–Crippen LogP) is 2.22. The number of carboxylic acid groups (broad SMARTS) is 1. The van der Waals surface area contributed by atoms with Crippen LogP contribution in [0.5, 0.6) is 5.75 Å². The van der Waals surface area contributed by atoms with E-state index in [9.17, 15) is 19.3 Å². The highest BCUT2D eigenvalue weighted by atomic mass is 19.1. The van der Waals surface area contributed by atoms with Crippen molar-refractivity contribution in [3.05, 3.63) is 33.6 Å². The van der Waals surface area contributed by atoms with Crippen molar-refractivity contribution >= 4 is 11.7 Å². The summed E-state index contributed by atoms with van der Waals surface area (Å²) in [6.45, 7) is 1.88. The van der Waals surface area contributed by atoms with Crippen LogP contribution in [0.1, 0.15) is 23.7 Å². The molecule has 7 heteroatoms. The molecule has 92 valence electrons. The van der Waals surface area contributed by atoms with Gasteiger partial charge in [-0.05, 0) is 12.5 Å². The van der Waals surface area contributed by atoms with Crippen LogP contribution in [-0.2, 0) is 0 Å². The van der Waals surface area contributed by atoms with Gasteiger partial charge in [-0.1, -0.05) is 6.92 Å². The number of halogens is 1. The maximum Gasteiger partial charge on any atom is 0.339 e. The van der Waals surface area contributed by atoms with Crippen molar-refractivity contribution in [2.24, 2.45) is 0 Å². The summed E-state index contributed by atoms with van der Waals surface area (Å²) in [6.07, 6.45) is 0.549. The minimum Gasteiger partial charge on any atom is -0.486 e. The van der Waals surface area contributed by atoms with Gasteiger partial charge >= 0.3 is 11.7 Å². The highest BCUT2D eigenvalue weighted by Gasteiger charge is 2.25. The number of nitrogens with zero attached hydrogens (tertiary/aromatic N) is 1. The van der Waals surface area contributed by atoms with Gasteiger partial charge in [-0.25, -0.2) is 9.18 Å². The zero-order chi connectivity index (χ0) is 13.0. The first-order valence-electron chi connectivity index (χ1n) is 4.81. The average Bonchev–Trinajstić information content (AvgIpc) is 2.26. The van der Waals surface area contributed by atoms with Crippen molar-refractivity contribution in [3.63, 3.8) is 0 Å². The number of ether oxygens (including phenoxy) is 1. The largest absolute Gasteiger partial charge is 0.486 e. The second-order valence-electron chi connectivity index (χ2n) is 3.21. The van der Waals surface area contributed by atoms with Crippen molar-refractivity contribution < 1.29 is 24.0 Å². The summed E-state index contributed by atoms with van der Waals surface area (Å²) in [5, 5.41) is 19.5. The van der Waals surface area contributed by atoms with E-state index < -0.39 is 33.7 Å². The van der Waals surface area contributed by atoms with Crippen LogP contribution < -0.4 is 4.74 Å². The minimum atomic E-state index is -1.47. The zero-order valence-electron chi connectivity index (χ0n) is 8.97. The summed E-state index contributed by atoms with van der Waals surface area (Å²) >= 11 is 0. The fraction of sp³-hybridized carbons (Fsp3) is 0.300. The number of nitro benzene ring substituents is 1. The monoisotopic (exact) mass is 243 g/mol. The Balaban J connectivity index is 3.36. The fourth-order valence-electron chi connectivity index (χ4n) is 1.23. The van der Waals surface area contributed by atoms with E-state index in [-0.39, 0.29) is 6.61 Å². The van der Waals surface area contributed by atoms with Gasteiger partial charge in [0, 0.05) is 0 Å². The standard InChI is InChI=1S/C10H10FNO5/c1-2-3-17-9-7(10(13)14)4-6(11)5-8(9)12(15)16/h4-5H,2-3H2,1H3,(H,13,14). The van der Waals surface area contributed by atoms with Crippen LogP contribution in [0.3, 0.4) is 0 Å². The smallest absolute Gasteiger partial charge is 0.339 e. The number of carboxylic acids is 1. The molecule has 0 spiro atoms. The second-order valence-corrected chi connectivity index (χ2v) is 3.21. The number of aromatic carboxylic acids is 1. The lowest BCUT2D eigenvalue weighted by molar-refractivity contribution is -0.386. The molecule has 0 amide bonds. The Morgan fingerprint density at radius 3 is 2.71 bits per heavy atom. The Morgan fingerprint density at radius 1 is 1.59 bits per heavy atom. The van der Waals surface area contributed by atoms with Crippen molar-refractivity contribution in [1.29, 1.82) is 0 Å². The molecule has 0 radical (unpaired) electrons. The van der Waals surface area contributed by atoms with Crippen LogP contribution in [-0.4, -0.2) is 22.6 Å². The lowest BCUT2D eigenvalue weighted by atomic mass is 10.1. The Hall–Kier alpha value is -2.18. The molecule has 1 aromatic rings. The Kier molecular flexibility index (Phi) is 3.97. The van der Waals surface area contributed by atoms with Gasteiger partial charge in [0.1, 0.15) is 11.4 Å². The lowest BCUT2D eigenvalue weighted by Crippen LogP contribution is -2.07. The first-order chi connectivity index (χ1) is 7.97. The van der Waals surface area contributed by atoms with E-state index in [0.29, 0.717) is 18.6 Å². The molecule has 0 heterocycles. The lowest BCUT2D eigenvalue weighted by Gasteiger charge is -2.08. The Morgan fingerprint density at radius 2 is 2.24 bits per heavy atom. The van der Waals surface area contributed by atoms with Crippen molar-refractivity contribution in [2.75, 3.05) is 6.61 Å². The van der Waals surface area contributed by atoms with Gasteiger partial charge in [0.15, 0.2) is 0 Å². The van der Waals surface area contributed by atoms with Gasteiger partial charge in [0.05, 0.1) is 17.6 Å². The molecule has 0 aromatic heterocycles. The number of carbonyl (C=O) groups is 1. The van der Waals surface area contributed by atoms with E-state index in [2.05, 4.69) is 0 Å². The number of rotatable bonds is 5. The van der Waals surface area contributed by atoms with Crippen molar-refractivity contribution in [1.82, 2.24) is 0 Å². The molecule has 17 heavy (non-hydrogen) atoms. The molecule has 0 bridgehead atoms. The van der Waals surface area contributed by atoms with Gasteiger partial charge < -0.3 is 9.84 Å². The maximum absolute atomic E-state index is 13.0. The van der Waals surface area contributed by atoms with Crippen molar-refractivity contribution in [3.8, 4) is 5.75 Å². The fourth-order valence-corrected chi connectivity index (χ4v) is 1.23. The molecule has 0 saturated heterocycles. The minimum absolute atomic E-state index is 0.118. The van der Waals surface area contributed by atoms with Gasteiger partial charge in [-0.3, -0.25) is 10.1 Å². The highest BCUT2D eigenvalue weighted by molar-refractivity contribution is 5.92. The van der Waals surface area contributed by atoms with E-state index >= 15 is 0 Å². The summed E-state index contributed by atoms with van der Waals surface area (Å²) in [5.41, 5.74) is -1.24. The number of hydrogen-bond donors (Lipinski definition) is 1. The third-order valence-electron chi connectivity index (χ3n) is 1.91. The normalized spacial score (nSPS) is 10.0. The molecule has 0 aliphatic rings. The van der Waals surface area contributed by atoms with Gasteiger partial charge in [-0.15, -0.1) is 0 Å².